The fourth-order valence-corrected chi connectivity index (χ4v) is 3.55. The lowest BCUT2D eigenvalue weighted by molar-refractivity contribution is 0.355. The van der Waals surface area contributed by atoms with Gasteiger partial charge in [0, 0.05) is 42.8 Å². The van der Waals surface area contributed by atoms with Gasteiger partial charge in [0.2, 0.25) is 0 Å². The molecule has 0 saturated heterocycles. The van der Waals surface area contributed by atoms with Crippen molar-refractivity contribution in [3.63, 3.8) is 0 Å². The van der Waals surface area contributed by atoms with Crippen LogP contribution < -0.4 is 19.1 Å². The zero-order valence-electron chi connectivity index (χ0n) is 16.8. The Kier molecular flexibility index (Phi) is 7.24. The molecule has 30 heavy (non-hydrogen) atoms. The molecule has 0 radical (unpaired) electrons. The quantitative estimate of drug-likeness (QED) is 0.436. The zero-order chi connectivity index (χ0) is 21.7. The van der Waals surface area contributed by atoms with E-state index in [0.29, 0.717) is 34.6 Å². The van der Waals surface area contributed by atoms with E-state index in [0.717, 1.165) is 16.8 Å². The van der Waals surface area contributed by atoms with E-state index in [4.69, 9.17) is 37.4 Å². The second-order valence-electron chi connectivity index (χ2n) is 6.45. The summed E-state index contributed by atoms with van der Waals surface area (Å²) < 4.78 is 30.0. The van der Waals surface area contributed by atoms with Crippen molar-refractivity contribution in [2.75, 3.05) is 26.2 Å². The summed E-state index contributed by atoms with van der Waals surface area (Å²) in [5.74, 6) is 0.948. The topological polar surface area (TPSA) is 43.8 Å². The van der Waals surface area contributed by atoms with E-state index in [2.05, 4.69) is 4.98 Å². The van der Waals surface area contributed by atoms with Gasteiger partial charge in [-0.2, -0.15) is 0 Å². The Morgan fingerprint density at radius 1 is 0.833 bits per heavy atom. The molecule has 0 amide bonds. The Labute approximate surface area is 184 Å². The molecule has 1 aromatic heterocycles. The lowest BCUT2D eigenvalue weighted by Gasteiger charge is -2.27. The average molecular weight is 451 g/mol. The molecular weight excluding hydrogens is 430 g/mol. The number of nitrogens with zero attached hydrogens (tertiary/aromatic N) is 2. The normalized spacial score (nSPS) is 10.6. The first-order chi connectivity index (χ1) is 14.5. The Balaban J connectivity index is 2.01. The van der Waals surface area contributed by atoms with Crippen LogP contribution in [0.3, 0.4) is 0 Å². The first-order valence-corrected chi connectivity index (χ1v) is 9.79. The zero-order valence-corrected chi connectivity index (χ0v) is 18.3. The molecule has 158 valence electrons. The van der Waals surface area contributed by atoms with Crippen LogP contribution >= 0.6 is 23.2 Å². The minimum absolute atomic E-state index is 0.191. The summed E-state index contributed by atoms with van der Waals surface area (Å²) >= 11 is 12.7. The smallest absolute Gasteiger partial charge is 0.165 e. The summed E-state index contributed by atoms with van der Waals surface area (Å²) in [6, 6.07) is 10.4. The SMILES string of the molecule is COc1ccc(CN(Cc2c(Cl)cncc2Cl)c2ccc(OC)c(OC)c2)cc1F. The van der Waals surface area contributed by atoms with Crippen molar-refractivity contribution in [2.24, 2.45) is 0 Å². The van der Waals surface area contributed by atoms with Crippen LogP contribution in [0.5, 0.6) is 17.2 Å². The number of rotatable bonds is 8. The van der Waals surface area contributed by atoms with E-state index in [1.807, 2.05) is 29.2 Å². The van der Waals surface area contributed by atoms with E-state index < -0.39 is 5.82 Å². The third-order valence-corrected chi connectivity index (χ3v) is 5.27. The summed E-state index contributed by atoms with van der Waals surface area (Å²) in [6.07, 6.45) is 3.09. The second-order valence-corrected chi connectivity index (χ2v) is 7.26. The Morgan fingerprint density at radius 2 is 1.47 bits per heavy atom. The van der Waals surface area contributed by atoms with E-state index in [1.54, 1.807) is 32.7 Å². The maximum atomic E-state index is 14.2. The number of anilines is 1. The fraction of sp³-hybridized carbons (Fsp3) is 0.227. The molecule has 8 heteroatoms. The van der Waals surface area contributed by atoms with Gasteiger partial charge in [-0.3, -0.25) is 4.98 Å². The standard InChI is InChI=1S/C22H21Cl2FN2O3/c1-28-20-6-4-14(8-19(20)25)12-27(13-16-17(23)10-26-11-18(16)24)15-5-7-21(29-2)22(9-15)30-3/h4-11H,12-13H2,1-3H3. The molecule has 0 aliphatic heterocycles. The van der Waals surface area contributed by atoms with Gasteiger partial charge in [-0.15, -0.1) is 0 Å². The van der Waals surface area contributed by atoms with Crippen molar-refractivity contribution in [3.8, 4) is 17.2 Å². The molecule has 0 N–H and O–H groups in total. The molecule has 0 aliphatic carbocycles. The molecule has 0 bridgehead atoms. The molecule has 3 rings (SSSR count). The predicted molar refractivity (Wildman–Crippen MR) is 117 cm³/mol. The molecule has 0 fully saturated rings. The first kappa shape index (κ1) is 22.0. The Morgan fingerprint density at radius 3 is 2.07 bits per heavy atom. The number of ether oxygens (including phenoxy) is 3. The van der Waals surface area contributed by atoms with Crippen LogP contribution in [-0.2, 0) is 13.1 Å². The van der Waals surface area contributed by atoms with Gasteiger partial charge in [-0.25, -0.2) is 4.39 Å². The van der Waals surface area contributed by atoms with E-state index in [9.17, 15) is 4.39 Å². The number of benzene rings is 2. The molecule has 3 aromatic rings. The summed E-state index contributed by atoms with van der Waals surface area (Å²) in [5, 5.41) is 0.905. The van der Waals surface area contributed by atoms with E-state index in [-0.39, 0.29) is 5.75 Å². The highest BCUT2D eigenvalue weighted by atomic mass is 35.5. The highest BCUT2D eigenvalue weighted by molar-refractivity contribution is 6.35. The van der Waals surface area contributed by atoms with Gasteiger partial charge < -0.3 is 19.1 Å². The van der Waals surface area contributed by atoms with Gasteiger partial charge >= 0.3 is 0 Å². The van der Waals surface area contributed by atoms with Crippen LogP contribution in [-0.4, -0.2) is 26.3 Å². The lowest BCUT2D eigenvalue weighted by Crippen LogP contribution is -2.23. The number of methoxy groups -OCH3 is 3. The Bertz CT molecular complexity index is 1010. The third kappa shape index (κ3) is 4.89. The number of halogens is 3. The molecule has 2 aromatic carbocycles. The van der Waals surface area contributed by atoms with Crippen molar-refractivity contribution >= 4 is 28.9 Å². The molecule has 5 nitrogen and oxygen atoms in total. The largest absolute Gasteiger partial charge is 0.494 e. The third-order valence-electron chi connectivity index (χ3n) is 4.62. The average Bonchev–Trinajstić information content (AvgIpc) is 2.75. The maximum absolute atomic E-state index is 14.2. The van der Waals surface area contributed by atoms with Crippen molar-refractivity contribution in [3.05, 3.63) is 75.8 Å². The second kappa shape index (κ2) is 9.87. The van der Waals surface area contributed by atoms with Gasteiger partial charge in [0.25, 0.3) is 0 Å². The summed E-state index contributed by atoms with van der Waals surface area (Å²) in [4.78, 5) is 6.02. The van der Waals surface area contributed by atoms with Crippen molar-refractivity contribution in [2.45, 2.75) is 13.1 Å². The number of hydrogen-bond acceptors (Lipinski definition) is 5. The van der Waals surface area contributed by atoms with Crippen LogP contribution in [0.25, 0.3) is 0 Å². The van der Waals surface area contributed by atoms with Crippen molar-refractivity contribution < 1.29 is 18.6 Å². The van der Waals surface area contributed by atoms with E-state index in [1.165, 1.54) is 13.2 Å². The summed E-state index contributed by atoms with van der Waals surface area (Å²) in [6.45, 7) is 0.773. The minimum atomic E-state index is -0.428. The van der Waals surface area contributed by atoms with Crippen LogP contribution in [0, 0.1) is 5.82 Å². The minimum Gasteiger partial charge on any atom is -0.494 e. The van der Waals surface area contributed by atoms with Crippen LogP contribution in [0.15, 0.2) is 48.8 Å². The lowest BCUT2D eigenvalue weighted by atomic mass is 10.1. The molecule has 0 atom stereocenters. The number of aromatic nitrogens is 1. The van der Waals surface area contributed by atoms with Gasteiger partial charge in [0.05, 0.1) is 31.4 Å². The molecule has 0 spiro atoms. The Hall–Kier alpha value is -2.70. The van der Waals surface area contributed by atoms with Crippen LogP contribution in [0.1, 0.15) is 11.1 Å². The predicted octanol–water partition coefficient (Wildman–Crippen LogP) is 5.76. The summed E-state index contributed by atoms with van der Waals surface area (Å²) in [5.41, 5.74) is 2.30. The highest BCUT2D eigenvalue weighted by Gasteiger charge is 2.17. The van der Waals surface area contributed by atoms with Gasteiger partial charge in [-0.05, 0) is 29.8 Å². The monoisotopic (exact) mass is 450 g/mol. The molecule has 1 heterocycles. The van der Waals surface area contributed by atoms with Crippen LogP contribution in [0.2, 0.25) is 10.0 Å². The van der Waals surface area contributed by atoms with E-state index >= 15 is 0 Å². The number of pyridine rings is 1. The van der Waals surface area contributed by atoms with Gasteiger partial charge in [-0.1, -0.05) is 29.3 Å². The molecule has 0 saturated carbocycles. The fourth-order valence-electron chi connectivity index (χ4n) is 3.07. The van der Waals surface area contributed by atoms with Crippen molar-refractivity contribution in [1.82, 2.24) is 4.98 Å². The first-order valence-electron chi connectivity index (χ1n) is 9.04. The molecule has 0 unspecified atom stereocenters. The van der Waals surface area contributed by atoms with Gasteiger partial charge in [0.1, 0.15) is 0 Å². The maximum Gasteiger partial charge on any atom is 0.165 e. The molecular formula is C22H21Cl2FN2O3. The number of hydrogen-bond donors (Lipinski definition) is 0. The highest BCUT2D eigenvalue weighted by Crippen LogP contribution is 2.34. The van der Waals surface area contributed by atoms with Gasteiger partial charge in [0.15, 0.2) is 23.1 Å². The van der Waals surface area contributed by atoms with Crippen LogP contribution in [0.4, 0.5) is 10.1 Å². The summed E-state index contributed by atoms with van der Waals surface area (Å²) in [7, 11) is 4.58. The van der Waals surface area contributed by atoms with Crippen molar-refractivity contribution in [1.29, 1.82) is 0 Å². The molecule has 0 aliphatic rings.